The third-order valence-corrected chi connectivity index (χ3v) is 4.76. The smallest absolute Gasteiger partial charge is 0.269 e. The highest BCUT2D eigenvalue weighted by Gasteiger charge is 2.26. The van der Waals surface area contributed by atoms with Crippen molar-refractivity contribution in [2.24, 2.45) is 0 Å². The lowest BCUT2D eigenvalue weighted by Gasteiger charge is -2.20. The van der Waals surface area contributed by atoms with Gasteiger partial charge >= 0.3 is 0 Å². The molecular formula is C14H16N2O4S. The van der Waals surface area contributed by atoms with E-state index in [4.69, 9.17) is 9.47 Å². The number of methoxy groups -OCH3 is 2. The SMILES string of the molecule is COc1ccc(OC)c(S(=O)(=O)N(C)c2ccccn2)c1. The maximum atomic E-state index is 12.7. The van der Waals surface area contributed by atoms with Crippen molar-refractivity contribution in [1.29, 1.82) is 0 Å². The van der Waals surface area contributed by atoms with Gasteiger partial charge in [0.2, 0.25) is 0 Å². The zero-order valence-corrected chi connectivity index (χ0v) is 12.8. The highest BCUT2D eigenvalue weighted by atomic mass is 32.2. The lowest BCUT2D eigenvalue weighted by atomic mass is 10.3. The molecule has 1 heterocycles. The molecule has 7 heteroatoms. The van der Waals surface area contributed by atoms with Gasteiger partial charge in [-0.1, -0.05) is 6.07 Å². The number of hydrogen-bond donors (Lipinski definition) is 0. The van der Waals surface area contributed by atoms with Crippen LogP contribution in [0.2, 0.25) is 0 Å². The van der Waals surface area contributed by atoms with Crippen molar-refractivity contribution in [3.05, 3.63) is 42.6 Å². The predicted octanol–water partition coefficient (Wildman–Crippen LogP) is 1.92. The largest absolute Gasteiger partial charge is 0.497 e. The summed E-state index contributed by atoms with van der Waals surface area (Å²) >= 11 is 0. The average Bonchev–Trinajstić information content (AvgIpc) is 2.54. The first-order valence-corrected chi connectivity index (χ1v) is 7.56. The maximum absolute atomic E-state index is 12.7. The van der Waals surface area contributed by atoms with Crippen molar-refractivity contribution in [1.82, 2.24) is 4.98 Å². The second kappa shape index (κ2) is 6.01. The molecule has 0 N–H and O–H groups in total. The molecule has 1 aromatic heterocycles. The van der Waals surface area contributed by atoms with Crippen LogP contribution < -0.4 is 13.8 Å². The van der Waals surface area contributed by atoms with Crippen molar-refractivity contribution < 1.29 is 17.9 Å². The summed E-state index contributed by atoms with van der Waals surface area (Å²) in [6.45, 7) is 0. The first kappa shape index (κ1) is 15.1. The molecule has 1 aromatic carbocycles. The Morgan fingerprint density at radius 1 is 1.10 bits per heavy atom. The Kier molecular flexibility index (Phi) is 4.32. The van der Waals surface area contributed by atoms with Crippen LogP contribution in [0.25, 0.3) is 0 Å². The van der Waals surface area contributed by atoms with Crippen molar-refractivity contribution in [3.8, 4) is 11.5 Å². The number of anilines is 1. The molecule has 2 aromatic rings. The van der Waals surface area contributed by atoms with Gasteiger partial charge in [-0.05, 0) is 24.3 Å². The minimum Gasteiger partial charge on any atom is -0.497 e. The van der Waals surface area contributed by atoms with Crippen LogP contribution >= 0.6 is 0 Å². The predicted molar refractivity (Wildman–Crippen MR) is 79.4 cm³/mol. The zero-order chi connectivity index (χ0) is 15.5. The molecule has 0 unspecified atom stereocenters. The summed E-state index contributed by atoms with van der Waals surface area (Å²) in [7, 11) is 0.531. The van der Waals surface area contributed by atoms with E-state index in [1.807, 2.05) is 0 Å². The van der Waals surface area contributed by atoms with Crippen LogP contribution in [0.5, 0.6) is 11.5 Å². The lowest BCUT2D eigenvalue weighted by molar-refractivity contribution is 0.392. The first-order chi connectivity index (χ1) is 10.0. The Balaban J connectivity index is 2.53. The van der Waals surface area contributed by atoms with Crippen molar-refractivity contribution >= 4 is 15.8 Å². The molecule has 0 saturated carbocycles. The molecule has 0 amide bonds. The molecule has 2 rings (SSSR count). The van der Waals surface area contributed by atoms with E-state index >= 15 is 0 Å². The number of nitrogens with zero attached hydrogens (tertiary/aromatic N) is 2. The second-order valence-corrected chi connectivity index (χ2v) is 6.11. The highest BCUT2D eigenvalue weighted by Crippen LogP contribution is 2.31. The van der Waals surface area contributed by atoms with Gasteiger partial charge in [-0.25, -0.2) is 13.4 Å². The van der Waals surface area contributed by atoms with E-state index in [9.17, 15) is 8.42 Å². The molecule has 0 bridgehead atoms. The molecular weight excluding hydrogens is 292 g/mol. The van der Waals surface area contributed by atoms with Crippen LogP contribution in [0.1, 0.15) is 0 Å². The number of aromatic nitrogens is 1. The van der Waals surface area contributed by atoms with E-state index in [0.29, 0.717) is 11.6 Å². The molecule has 6 nitrogen and oxygen atoms in total. The van der Waals surface area contributed by atoms with E-state index in [-0.39, 0.29) is 10.6 Å². The molecule has 0 aliphatic heterocycles. The number of pyridine rings is 1. The molecule has 112 valence electrons. The van der Waals surface area contributed by atoms with Crippen molar-refractivity contribution in [3.63, 3.8) is 0 Å². The second-order valence-electron chi connectivity index (χ2n) is 4.18. The Morgan fingerprint density at radius 2 is 1.86 bits per heavy atom. The molecule has 0 saturated heterocycles. The van der Waals surface area contributed by atoms with Crippen LogP contribution in [0, 0.1) is 0 Å². The molecule has 21 heavy (non-hydrogen) atoms. The summed E-state index contributed by atoms with van der Waals surface area (Å²) in [4.78, 5) is 4.07. The van der Waals surface area contributed by atoms with Gasteiger partial charge in [0.25, 0.3) is 10.0 Å². The first-order valence-electron chi connectivity index (χ1n) is 6.12. The van der Waals surface area contributed by atoms with Gasteiger partial charge in [-0.2, -0.15) is 0 Å². The number of rotatable bonds is 5. The summed E-state index contributed by atoms with van der Waals surface area (Å²) in [6.07, 6.45) is 1.53. The number of sulfonamides is 1. The standard InChI is InChI=1S/C14H16N2O4S/c1-16(14-6-4-5-9-15-14)21(17,18)13-10-11(19-2)7-8-12(13)20-3/h4-10H,1-3H3. The summed E-state index contributed by atoms with van der Waals surface area (Å²) in [5.74, 6) is 1.00. The zero-order valence-electron chi connectivity index (χ0n) is 12.0. The average molecular weight is 308 g/mol. The fraction of sp³-hybridized carbons (Fsp3) is 0.214. The third kappa shape index (κ3) is 2.92. The fourth-order valence-electron chi connectivity index (χ4n) is 1.80. The van der Waals surface area contributed by atoms with Gasteiger partial charge in [0, 0.05) is 19.3 Å². The van der Waals surface area contributed by atoms with E-state index in [1.165, 1.54) is 33.5 Å². The van der Waals surface area contributed by atoms with Crippen LogP contribution in [0.3, 0.4) is 0 Å². The topological polar surface area (TPSA) is 68.7 Å². The number of ether oxygens (including phenoxy) is 2. The summed E-state index contributed by atoms with van der Waals surface area (Å²) in [6, 6.07) is 9.67. The lowest BCUT2D eigenvalue weighted by Crippen LogP contribution is -2.27. The normalized spacial score (nSPS) is 11.0. The third-order valence-electron chi connectivity index (χ3n) is 2.98. The Hall–Kier alpha value is -2.28. The van der Waals surface area contributed by atoms with Crippen LogP contribution in [-0.4, -0.2) is 34.7 Å². The molecule has 0 aliphatic rings. The van der Waals surface area contributed by atoms with Gasteiger partial charge < -0.3 is 9.47 Å². The number of benzene rings is 1. The van der Waals surface area contributed by atoms with E-state index < -0.39 is 10.0 Å². The molecule has 0 radical (unpaired) electrons. The quantitative estimate of drug-likeness (QED) is 0.844. The molecule has 0 atom stereocenters. The van der Waals surface area contributed by atoms with Gasteiger partial charge in [0.15, 0.2) is 0 Å². The monoisotopic (exact) mass is 308 g/mol. The minimum atomic E-state index is -3.80. The van der Waals surface area contributed by atoms with E-state index in [2.05, 4.69) is 4.98 Å². The van der Waals surface area contributed by atoms with E-state index in [0.717, 1.165) is 4.31 Å². The van der Waals surface area contributed by atoms with Gasteiger partial charge in [0.05, 0.1) is 14.2 Å². The fourth-order valence-corrected chi connectivity index (χ4v) is 3.12. The van der Waals surface area contributed by atoms with Gasteiger partial charge in [-0.15, -0.1) is 0 Å². The Morgan fingerprint density at radius 3 is 2.43 bits per heavy atom. The summed E-state index contributed by atoms with van der Waals surface area (Å²) < 4.78 is 36.8. The minimum absolute atomic E-state index is 0.0255. The Bertz CT molecular complexity index is 717. The molecule has 0 spiro atoms. The number of hydrogen-bond acceptors (Lipinski definition) is 5. The van der Waals surface area contributed by atoms with E-state index in [1.54, 1.807) is 30.3 Å². The molecule has 0 aliphatic carbocycles. The maximum Gasteiger partial charge on any atom is 0.269 e. The van der Waals surface area contributed by atoms with Crippen LogP contribution in [-0.2, 0) is 10.0 Å². The summed E-state index contributed by atoms with van der Waals surface area (Å²) in [5.41, 5.74) is 0. The van der Waals surface area contributed by atoms with Crippen molar-refractivity contribution in [2.75, 3.05) is 25.6 Å². The van der Waals surface area contributed by atoms with Gasteiger partial charge in [0.1, 0.15) is 22.2 Å². The van der Waals surface area contributed by atoms with Crippen molar-refractivity contribution in [2.45, 2.75) is 4.90 Å². The highest BCUT2D eigenvalue weighted by molar-refractivity contribution is 7.92. The van der Waals surface area contributed by atoms with Crippen LogP contribution in [0.15, 0.2) is 47.5 Å². The van der Waals surface area contributed by atoms with Gasteiger partial charge in [-0.3, -0.25) is 4.31 Å². The Labute approximate surface area is 124 Å². The molecule has 0 fully saturated rings. The summed E-state index contributed by atoms with van der Waals surface area (Å²) in [5, 5.41) is 0. The van der Waals surface area contributed by atoms with Crippen LogP contribution in [0.4, 0.5) is 5.82 Å².